The molecular formula is C19H20N2O2. The summed E-state index contributed by atoms with van der Waals surface area (Å²) in [6, 6.07) is 15.9. The van der Waals surface area contributed by atoms with E-state index in [1.165, 1.54) is 11.1 Å². The number of nitrogens with one attached hydrogen (secondary N) is 1. The predicted octanol–water partition coefficient (Wildman–Crippen LogP) is 3.09. The number of rotatable bonds is 5. The molecule has 0 saturated carbocycles. The Balaban J connectivity index is 1.53. The van der Waals surface area contributed by atoms with Gasteiger partial charge in [-0.15, -0.1) is 0 Å². The van der Waals surface area contributed by atoms with Crippen molar-refractivity contribution in [2.24, 2.45) is 5.10 Å². The van der Waals surface area contributed by atoms with Gasteiger partial charge in [-0.1, -0.05) is 43.3 Å². The van der Waals surface area contributed by atoms with Gasteiger partial charge in [0.25, 0.3) is 5.91 Å². The Morgan fingerprint density at radius 3 is 2.70 bits per heavy atom. The average Bonchev–Trinajstić information content (AvgIpc) is 3.02. The van der Waals surface area contributed by atoms with Crippen LogP contribution in [0.25, 0.3) is 0 Å². The van der Waals surface area contributed by atoms with E-state index in [0.29, 0.717) is 5.75 Å². The van der Waals surface area contributed by atoms with Crippen LogP contribution < -0.4 is 10.2 Å². The molecule has 0 atom stereocenters. The lowest BCUT2D eigenvalue weighted by atomic mass is 10.1. The van der Waals surface area contributed by atoms with Crippen molar-refractivity contribution in [1.82, 2.24) is 5.43 Å². The normalized spacial score (nSPS) is 14.6. The molecule has 0 spiro atoms. The fourth-order valence-corrected chi connectivity index (χ4v) is 2.66. The topological polar surface area (TPSA) is 50.7 Å². The number of hydrogen-bond acceptors (Lipinski definition) is 3. The number of carbonyl (C=O) groups excluding carboxylic acids is 1. The van der Waals surface area contributed by atoms with Gasteiger partial charge in [0.15, 0.2) is 6.61 Å². The summed E-state index contributed by atoms with van der Waals surface area (Å²) in [4.78, 5) is 11.9. The van der Waals surface area contributed by atoms with Gasteiger partial charge in [-0.2, -0.15) is 5.10 Å². The highest BCUT2D eigenvalue weighted by Gasteiger charge is 2.17. The van der Waals surface area contributed by atoms with Crippen molar-refractivity contribution in [3.63, 3.8) is 0 Å². The molecule has 1 aliphatic carbocycles. The number of benzene rings is 2. The van der Waals surface area contributed by atoms with Crippen molar-refractivity contribution in [1.29, 1.82) is 0 Å². The molecule has 0 saturated heterocycles. The third-order valence-corrected chi connectivity index (χ3v) is 3.98. The summed E-state index contributed by atoms with van der Waals surface area (Å²) >= 11 is 0. The van der Waals surface area contributed by atoms with Crippen molar-refractivity contribution in [3.8, 4) is 5.75 Å². The summed E-state index contributed by atoms with van der Waals surface area (Å²) in [6.07, 6.45) is 2.82. The Morgan fingerprint density at radius 1 is 1.13 bits per heavy atom. The second-order valence-electron chi connectivity index (χ2n) is 5.54. The quantitative estimate of drug-likeness (QED) is 0.863. The first-order valence-corrected chi connectivity index (χ1v) is 7.91. The highest BCUT2D eigenvalue weighted by Crippen LogP contribution is 2.21. The number of carbonyl (C=O) groups is 1. The van der Waals surface area contributed by atoms with Gasteiger partial charge >= 0.3 is 0 Å². The van der Waals surface area contributed by atoms with Crippen molar-refractivity contribution in [2.75, 3.05) is 6.61 Å². The largest absolute Gasteiger partial charge is 0.484 e. The maximum atomic E-state index is 11.9. The van der Waals surface area contributed by atoms with E-state index in [2.05, 4.69) is 23.5 Å². The number of nitrogens with zero attached hydrogens (tertiary/aromatic N) is 1. The van der Waals surface area contributed by atoms with Gasteiger partial charge in [0.1, 0.15) is 5.75 Å². The van der Waals surface area contributed by atoms with Crippen LogP contribution in [0, 0.1) is 0 Å². The van der Waals surface area contributed by atoms with E-state index in [4.69, 9.17) is 4.74 Å². The Kier molecular flexibility index (Phi) is 4.71. The van der Waals surface area contributed by atoms with Crippen molar-refractivity contribution < 1.29 is 9.53 Å². The molecule has 118 valence electrons. The summed E-state index contributed by atoms with van der Waals surface area (Å²) in [5.41, 5.74) is 7.17. The van der Waals surface area contributed by atoms with Crippen LogP contribution in [0.2, 0.25) is 0 Å². The molecule has 4 heteroatoms. The Labute approximate surface area is 136 Å². The van der Waals surface area contributed by atoms with Crippen LogP contribution in [0.1, 0.15) is 30.0 Å². The van der Waals surface area contributed by atoms with Crippen LogP contribution in [0.15, 0.2) is 53.6 Å². The fraction of sp³-hybridized carbons (Fsp3) is 0.263. The second-order valence-corrected chi connectivity index (χ2v) is 5.54. The zero-order valence-electron chi connectivity index (χ0n) is 13.2. The molecule has 0 aromatic heterocycles. The van der Waals surface area contributed by atoms with Gasteiger partial charge in [-0.3, -0.25) is 4.79 Å². The molecule has 0 fully saturated rings. The van der Waals surface area contributed by atoms with Crippen LogP contribution in [-0.2, 0) is 17.6 Å². The molecule has 1 N–H and O–H groups in total. The molecule has 0 radical (unpaired) electrons. The van der Waals surface area contributed by atoms with E-state index in [1.54, 1.807) is 0 Å². The van der Waals surface area contributed by atoms with Gasteiger partial charge in [-0.25, -0.2) is 5.43 Å². The van der Waals surface area contributed by atoms with Gasteiger partial charge < -0.3 is 4.74 Å². The summed E-state index contributed by atoms with van der Waals surface area (Å²) in [6.45, 7) is 2.06. The molecule has 2 aromatic rings. The van der Waals surface area contributed by atoms with Crippen LogP contribution in [0.3, 0.4) is 0 Å². The van der Waals surface area contributed by atoms with E-state index in [9.17, 15) is 4.79 Å². The molecule has 1 aliphatic rings. The van der Waals surface area contributed by atoms with Crippen molar-refractivity contribution in [3.05, 3.63) is 65.2 Å². The van der Waals surface area contributed by atoms with E-state index in [0.717, 1.165) is 30.5 Å². The van der Waals surface area contributed by atoms with Crippen molar-refractivity contribution >= 4 is 11.6 Å². The van der Waals surface area contributed by atoms with Gasteiger partial charge in [0, 0.05) is 5.56 Å². The number of amides is 1. The zero-order chi connectivity index (χ0) is 16.1. The Bertz CT molecular complexity index is 720. The molecule has 0 aliphatic heterocycles. The van der Waals surface area contributed by atoms with E-state index >= 15 is 0 Å². The summed E-state index contributed by atoms with van der Waals surface area (Å²) < 4.78 is 5.47. The SMILES string of the molecule is CCc1ccc(OCC(=O)N/N=C2/CCc3ccccc32)cc1. The second kappa shape index (κ2) is 7.09. The minimum atomic E-state index is -0.249. The van der Waals surface area contributed by atoms with Gasteiger partial charge in [0.2, 0.25) is 0 Å². The number of fused-ring (bicyclic) bond motifs is 1. The lowest BCUT2D eigenvalue weighted by Gasteiger charge is -2.06. The van der Waals surface area contributed by atoms with Crippen molar-refractivity contribution in [2.45, 2.75) is 26.2 Å². The standard InChI is InChI=1S/C19H20N2O2/c1-2-14-7-10-16(11-8-14)23-13-19(22)21-20-18-12-9-15-5-3-4-6-17(15)18/h3-8,10-11H,2,9,12-13H2,1H3,(H,21,22)/b20-18-. The Morgan fingerprint density at radius 2 is 1.91 bits per heavy atom. The lowest BCUT2D eigenvalue weighted by molar-refractivity contribution is -0.123. The maximum absolute atomic E-state index is 11.9. The third-order valence-electron chi connectivity index (χ3n) is 3.98. The first kappa shape index (κ1) is 15.3. The van der Waals surface area contributed by atoms with Gasteiger partial charge in [0.05, 0.1) is 5.71 Å². The monoisotopic (exact) mass is 308 g/mol. The van der Waals surface area contributed by atoms with Crippen LogP contribution in [0.4, 0.5) is 0 Å². The van der Waals surface area contributed by atoms with E-state index < -0.39 is 0 Å². The zero-order valence-corrected chi connectivity index (χ0v) is 13.2. The van der Waals surface area contributed by atoms with E-state index in [-0.39, 0.29) is 12.5 Å². The third kappa shape index (κ3) is 3.77. The number of aryl methyl sites for hydroxylation is 2. The summed E-state index contributed by atoms with van der Waals surface area (Å²) in [5.74, 6) is 0.442. The molecule has 0 heterocycles. The van der Waals surface area contributed by atoms with Crippen LogP contribution in [0.5, 0.6) is 5.75 Å². The average molecular weight is 308 g/mol. The number of ether oxygens (including phenoxy) is 1. The van der Waals surface area contributed by atoms with Gasteiger partial charge in [-0.05, 0) is 42.5 Å². The fourth-order valence-electron chi connectivity index (χ4n) is 2.66. The number of hydrazone groups is 1. The molecule has 23 heavy (non-hydrogen) atoms. The molecule has 0 unspecified atom stereocenters. The Hall–Kier alpha value is -2.62. The van der Waals surface area contributed by atoms with E-state index in [1.807, 2.05) is 42.5 Å². The van der Waals surface area contributed by atoms with Crippen LogP contribution >= 0.6 is 0 Å². The predicted molar refractivity (Wildman–Crippen MR) is 90.8 cm³/mol. The molecule has 4 nitrogen and oxygen atoms in total. The minimum absolute atomic E-state index is 0.0378. The summed E-state index contributed by atoms with van der Waals surface area (Å²) in [7, 11) is 0. The van der Waals surface area contributed by atoms with Crippen LogP contribution in [-0.4, -0.2) is 18.2 Å². The first-order chi connectivity index (χ1) is 11.3. The first-order valence-electron chi connectivity index (χ1n) is 7.91. The smallest absolute Gasteiger partial charge is 0.277 e. The maximum Gasteiger partial charge on any atom is 0.277 e. The molecular weight excluding hydrogens is 288 g/mol. The molecule has 0 bridgehead atoms. The highest BCUT2D eigenvalue weighted by molar-refractivity contribution is 6.04. The minimum Gasteiger partial charge on any atom is -0.484 e. The number of hydrogen-bond donors (Lipinski definition) is 1. The molecule has 2 aromatic carbocycles. The highest BCUT2D eigenvalue weighted by atomic mass is 16.5. The molecule has 1 amide bonds. The summed E-state index contributed by atoms with van der Waals surface area (Å²) in [5, 5.41) is 4.24. The lowest BCUT2D eigenvalue weighted by Crippen LogP contribution is -2.25. The molecule has 3 rings (SSSR count).